The van der Waals surface area contributed by atoms with E-state index in [0.29, 0.717) is 0 Å². The molecule has 15 heavy (non-hydrogen) atoms. The van der Waals surface area contributed by atoms with Crippen LogP contribution in [0.4, 0.5) is 0 Å². The molecule has 86 valence electrons. The second kappa shape index (κ2) is 13.2. The van der Waals surface area contributed by atoms with Gasteiger partial charge in [-0.05, 0) is 25.7 Å². The number of hydrogen-bond donors (Lipinski definition) is 0. The molecular weight excluding hydrogens is 180 g/mol. The van der Waals surface area contributed by atoms with Crippen LogP contribution in [-0.2, 0) is 0 Å². The molecule has 0 atom stereocenters. The first-order chi connectivity index (χ1) is 7.41. The Morgan fingerprint density at radius 3 is 2.20 bits per heavy atom. The van der Waals surface area contributed by atoms with Crippen molar-refractivity contribution in [2.75, 3.05) is 0 Å². The molecule has 0 amide bonds. The van der Waals surface area contributed by atoms with Gasteiger partial charge in [0, 0.05) is 0 Å². The molecule has 0 aliphatic carbocycles. The van der Waals surface area contributed by atoms with Crippen LogP contribution in [0.15, 0.2) is 37.0 Å². The summed E-state index contributed by atoms with van der Waals surface area (Å²) in [5, 5.41) is 0. The quantitative estimate of drug-likeness (QED) is 0.330. The van der Waals surface area contributed by atoms with E-state index in [0.717, 1.165) is 12.8 Å². The molecule has 0 saturated heterocycles. The Balaban J connectivity index is 3.13. The predicted molar refractivity (Wildman–Crippen MR) is 71.1 cm³/mol. The summed E-state index contributed by atoms with van der Waals surface area (Å²) in [5.41, 5.74) is 0. The highest BCUT2D eigenvalue weighted by atomic mass is 13.9. The molecule has 0 saturated carbocycles. The molecule has 0 heterocycles. The Morgan fingerprint density at radius 1 is 0.800 bits per heavy atom. The lowest BCUT2D eigenvalue weighted by atomic mass is 10.1. The van der Waals surface area contributed by atoms with Gasteiger partial charge in [-0.1, -0.05) is 63.0 Å². The molecule has 0 aliphatic rings. The molecule has 0 N–H and O–H groups in total. The number of hydrogen-bond acceptors (Lipinski definition) is 0. The third kappa shape index (κ3) is 13.2. The van der Waals surface area contributed by atoms with Gasteiger partial charge in [-0.2, -0.15) is 0 Å². The summed E-state index contributed by atoms with van der Waals surface area (Å²) in [4.78, 5) is 0. The highest BCUT2D eigenvalue weighted by Crippen LogP contribution is 2.05. The van der Waals surface area contributed by atoms with Gasteiger partial charge < -0.3 is 0 Å². The Bertz CT molecular complexity index is 174. The van der Waals surface area contributed by atoms with E-state index in [9.17, 15) is 0 Å². The molecule has 0 bridgehead atoms. The maximum atomic E-state index is 3.67. The summed E-state index contributed by atoms with van der Waals surface area (Å²) < 4.78 is 0. The lowest BCUT2D eigenvalue weighted by Crippen LogP contribution is -1.75. The molecule has 0 heteroatoms. The van der Waals surface area contributed by atoms with Crippen molar-refractivity contribution in [3.05, 3.63) is 37.0 Å². The van der Waals surface area contributed by atoms with Crippen molar-refractivity contribution in [1.82, 2.24) is 0 Å². The normalized spacial score (nSPS) is 11.5. The summed E-state index contributed by atoms with van der Waals surface area (Å²) in [6.07, 6.45) is 21.1. The fourth-order valence-corrected chi connectivity index (χ4v) is 1.45. The third-order valence-electron chi connectivity index (χ3n) is 2.38. The molecule has 0 aromatic rings. The third-order valence-corrected chi connectivity index (χ3v) is 2.38. The average Bonchev–Trinajstić information content (AvgIpc) is 2.26. The van der Waals surface area contributed by atoms with E-state index in [2.05, 4.69) is 37.8 Å². The molecule has 0 nitrogen and oxygen atoms in total. The highest BCUT2D eigenvalue weighted by Gasteiger charge is 1.85. The summed E-state index contributed by atoms with van der Waals surface area (Å²) in [6.45, 7) is 5.93. The molecule has 0 spiro atoms. The van der Waals surface area contributed by atoms with E-state index in [4.69, 9.17) is 0 Å². The number of rotatable bonds is 10. The molecule has 0 rings (SSSR count). The molecular formula is C15H26. The first kappa shape index (κ1) is 14.2. The standard InChI is InChI=1S/C15H26/c1-3-5-7-9-11-13-15-14-12-10-8-6-4-2/h3,7,9,13,15H,1,4-6,8,10-12,14H2,2H3/b9-7+,15-13+. The van der Waals surface area contributed by atoms with Crippen LogP contribution in [0.3, 0.4) is 0 Å². The van der Waals surface area contributed by atoms with Gasteiger partial charge in [0.25, 0.3) is 0 Å². The largest absolute Gasteiger partial charge is 0.103 e. The fraction of sp³-hybridized carbons (Fsp3) is 0.600. The second-order valence-corrected chi connectivity index (χ2v) is 3.91. The SMILES string of the molecule is C=CC/C=C/C/C=C/CCCCCCC. The maximum absolute atomic E-state index is 3.67. The van der Waals surface area contributed by atoms with Crippen LogP contribution in [0.1, 0.15) is 58.3 Å². The minimum absolute atomic E-state index is 0.991. The predicted octanol–water partition coefficient (Wildman–Crippen LogP) is 5.43. The maximum Gasteiger partial charge on any atom is -0.0169 e. The van der Waals surface area contributed by atoms with Gasteiger partial charge in [0.15, 0.2) is 0 Å². The second-order valence-electron chi connectivity index (χ2n) is 3.91. The Morgan fingerprint density at radius 2 is 1.47 bits per heavy atom. The van der Waals surface area contributed by atoms with Crippen molar-refractivity contribution in [2.24, 2.45) is 0 Å². The minimum Gasteiger partial charge on any atom is -0.103 e. The zero-order valence-electron chi connectivity index (χ0n) is 10.3. The molecule has 0 aromatic heterocycles. The Kier molecular flexibility index (Phi) is 12.5. The van der Waals surface area contributed by atoms with Crippen LogP contribution in [0.2, 0.25) is 0 Å². The lowest BCUT2D eigenvalue weighted by Gasteiger charge is -1.95. The zero-order valence-corrected chi connectivity index (χ0v) is 10.3. The van der Waals surface area contributed by atoms with Crippen LogP contribution < -0.4 is 0 Å². The van der Waals surface area contributed by atoms with Crippen molar-refractivity contribution >= 4 is 0 Å². The molecule has 0 aliphatic heterocycles. The van der Waals surface area contributed by atoms with Gasteiger partial charge in [0.05, 0.1) is 0 Å². The van der Waals surface area contributed by atoms with E-state index in [1.165, 1.54) is 38.5 Å². The summed E-state index contributed by atoms with van der Waals surface area (Å²) >= 11 is 0. The smallest absolute Gasteiger partial charge is 0.0169 e. The minimum atomic E-state index is 0.991. The van der Waals surface area contributed by atoms with Gasteiger partial charge in [-0.25, -0.2) is 0 Å². The lowest BCUT2D eigenvalue weighted by molar-refractivity contribution is 0.637. The number of unbranched alkanes of at least 4 members (excludes halogenated alkanes) is 5. The van der Waals surface area contributed by atoms with Crippen molar-refractivity contribution in [3.8, 4) is 0 Å². The van der Waals surface area contributed by atoms with Gasteiger partial charge in [0.2, 0.25) is 0 Å². The van der Waals surface area contributed by atoms with Crippen LogP contribution in [0.25, 0.3) is 0 Å². The molecule has 0 fully saturated rings. The van der Waals surface area contributed by atoms with Gasteiger partial charge in [-0.15, -0.1) is 6.58 Å². The van der Waals surface area contributed by atoms with Gasteiger partial charge >= 0.3 is 0 Å². The molecule has 0 radical (unpaired) electrons. The van der Waals surface area contributed by atoms with E-state index in [-0.39, 0.29) is 0 Å². The first-order valence-corrected chi connectivity index (χ1v) is 6.32. The van der Waals surface area contributed by atoms with Crippen LogP contribution in [0.5, 0.6) is 0 Å². The van der Waals surface area contributed by atoms with Crippen LogP contribution in [0, 0.1) is 0 Å². The number of allylic oxidation sites excluding steroid dienone is 5. The molecule has 0 aromatic carbocycles. The summed E-state index contributed by atoms with van der Waals surface area (Å²) in [7, 11) is 0. The van der Waals surface area contributed by atoms with Gasteiger partial charge in [0.1, 0.15) is 0 Å². The average molecular weight is 206 g/mol. The van der Waals surface area contributed by atoms with Crippen molar-refractivity contribution < 1.29 is 0 Å². The van der Waals surface area contributed by atoms with Crippen LogP contribution >= 0.6 is 0 Å². The van der Waals surface area contributed by atoms with E-state index >= 15 is 0 Å². The van der Waals surface area contributed by atoms with E-state index < -0.39 is 0 Å². The van der Waals surface area contributed by atoms with Crippen molar-refractivity contribution in [3.63, 3.8) is 0 Å². The van der Waals surface area contributed by atoms with Crippen LogP contribution in [-0.4, -0.2) is 0 Å². The van der Waals surface area contributed by atoms with Crippen molar-refractivity contribution in [2.45, 2.75) is 58.3 Å². The Hall–Kier alpha value is -0.780. The summed E-state index contributed by atoms with van der Waals surface area (Å²) in [5.74, 6) is 0. The first-order valence-electron chi connectivity index (χ1n) is 6.32. The fourth-order valence-electron chi connectivity index (χ4n) is 1.45. The van der Waals surface area contributed by atoms with E-state index in [1.807, 2.05) is 6.08 Å². The van der Waals surface area contributed by atoms with Gasteiger partial charge in [-0.3, -0.25) is 0 Å². The monoisotopic (exact) mass is 206 g/mol. The zero-order chi connectivity index (χ0) is 11.2. The summed E-state index contributed by atoms with van der Waals surface area (Å²) in [6, 6.07) is 0. The van der Waals surface area contributed by atoms with E-state index in [1.54, 1.807) is 0 Å². The highest BCUT2D eigenvalue weighted by molar-refractivity contribution is 4.95. The Labute approximate surface area is 95.8 Å². The van der Waals surface area contributed by atoms with Crippen molar-refractivity contribution in [1.29, 1.82) is 0 Å². The molecule has 0 unspecified atom stereocenters. The topological polar surface area (TPSA) is 0 Å².